The maximum absolute atomic E-state index is 11.6. The number of pyridine rings is 1. The van der Waals surface area contributed by atoms with Crippen LogP contribution in [0.15, 0.2) is 17.2 Å². The maximum atomic E-state index is 11.6. The van der Waals surface area contributed by atoms with Crippen molar-refractivity contribution in [2.24, 2.45) is 0 Å². The average molecular weight is 208 g/mol. The molecule has 0 radical (unpaired) electrons. The number of fused-ring (bicyclic) bond motifs is 1. The molecular weight excluding hydrogens is 196 g/mol. The molecule has 1 aromatic heterocycles. The van der Waals surface area contributed by atoms with Crippen LogP contribution in [-0.4, -0.2) is 15.6 Å². The first kappa shape index (κ1) is 9.52. The van der Waals surface area contributed by atoms with Crippen molar-refractivity contribution in [3.8, 4) is 0 Å². The van der Waals surface area contributed by atoms with Crippen LogP contribution in [0.25, 0.3) is 0 Å². The molecule has 1 aliphatic rings. The summed E-state index contributed by atoms with van der Waals surface area (Å²) in [6.07, 6.45) is 0. The summed E-state index contributed by atoms with van der Waals surface area (Å²) in [4.78, 5) is 16.0. The van der Waals surface area contributed by atoms with E-state index in [1.165, 1.54) is 11.8 Å². The van der Waals surface area contributed by atoms with E-state index < -0.39 is 4.75 Å². The number of nitrogens with one attached hydrogen (secondary N) is 1. The van der Waals surface area contributed by atoms with E-state index in [0.717, 1.165) is 16.4 Å². The lowest BCUT2D eigenvalue weighted by Crippen LogP contribution is -2.37. The first-order valence-corrected chi connectivity index (χ1v) is 5.29. The van der Waals surface area contributed by atoms with Crippen molar-refractivity contribution in [3.05, 3.63) is 17.8 Å². The summed E-state index contributed by atoms with van der Waals surface area (Å²) < 4.78 is -0.423. The molecule has 0 aromatic carbocycles. The molecule has 0 unspecified atom stereocenters. The molecule has 1 aliphatic heterocycles. The summed E-state index contributed by atoms with van der Waals surface area (Å²) in [7, 11) is 0. The Morgan fingerprint density at radius 2 is 2.14 bits per heavy atom. The van der Waals surface area contributed by atoms with Gasteiger partial charge < -0.3 is 5.32 Å². The van der Waals surface area contributed by atoms with Gasteiger partial charge in [-0.2, -0.15) is 0 Å². The van der Waals surface area contributed by atoms with Gasteiger partial charge in [-0.25, -0.2) is 4.98 Å². The topological polar surface area (TPSA) is 42.0 Å². The molecule has 2 heterocycles. The number of hydrogen-bond donors (Lipinski definition) is 1. The van der Waals surface area contributed by atoms with Crippen LogP contribution in [0.3, 0.4) is 0 Å². The van der Waals surface area contributed by atoms with E-state index in [4.69, 9.17) is 0 Å². The molecule has 0 fully saturated rings. The first-order chi connectivity index (χ1) is 6.49. The fraction of sp³-hybridized carbons (Fsp3) is 0.400. The number of thioether (sulfide) groups is 1. The standard InChI is InChI=1S/C10H12N2OS/c1-6-4-5-7-8(11-6)14-10(2,3)9(13)12-7/h4-5H,1-3H3,(H,12,13). The van der Waals surface area contributed by atoms with Crippen molar-refractivity contribution < 1.29 is 4.79 Å². The van der Waals surface area contributed by atoms with Gasteiger partial charge in [0.05, 0.1) is 10.4 Å². The molecule has 0 bridgehead atoms. The molecule has 1 aromatic rings. The molecule has 4 heteroatoms. The molecular formula is C10H12N2OS. The van der Waals surface area contributed by atoms with E-state index in [9.17, 15) is 4.79 Å². The number of aryl methyl sites for hydroxylation is 1. The number of carbonyl (C=O) groups excluding carboxylic acids is 1. The number of hydrogen-bond acceptors (Lipinski definition) is 3. The van der Waals surface area contributed by atoms with Crippen LogP contribution in [0.4, 0.5) is 5.69 Å². The Hall–Kier alpha value is -1.03. The molecule has 0 aliphatic carbocycles. The molecule has 3 nitrogen and oxygen atoms in total. The summed E-state index contributed by atoms with van der Waals surface area (Å²) in [5.41, 5.74) is 1.80. The van der Waals surface area contributed by atoms with Crippen LogP contribution < -0.4 is 5.32 Å². The summed E-state index contributed by atoms with van der Waals surface area (Å²) in [5, 5.41) is 3.77. The summed E-state index contributed by atoms with van der Waals surface area (Å²) in [6.45, 7) is 5.75. The number of anilines is 1. The zero-order valence-electron chi connectivity index (χ0n) is 8.42. The van der Waals surface area contributed by atoms with Gasteiger partial charge >= 0.3 is 0 Å². The minimum absolute atomic E-state index is 0.0423. The predicted octanol–water partition coefficient (Wildman–Crippen LogP) is 2.21. The van der Waals surface area contributed by atoms with Gasteiger partial charge in [-0.05, 0) is 32.9 Å². The van der Waals surface area contributed by atoms with E-state index >= 15 is 0 Å². The van der Waals surface area contributed by atoms with E-state index in [-0.39, 0.29) is 5.91 Å². The Morgan fingerprint density at radius 1 is 1.43 bits per heavy atom. The number of aromatic nitrogens is 1. The lowest BCUT2D eigenvalue weighted by Gasteiger charge is -2.28. The quantitative estimate of drug-likeness (QED) is 0.710. The lowest BCUT2D eigenvalue weighted by atomic mass is 10.2. The Balaban J connectivity index is 2.46. The molecule has 2 rings (SSSR count). The smallest absolute Gasteiger partial charge is 0.240 e. The van der Waals surface area contributed by atoms with Crippen molar-refractivity contribution in [2.45, 2.75) is 30.5 Å². The highest BCUT2D eigenvalue weighted by Gasteiger charge is 2.35. The Bertz CT molecular complexity index is 401. The number of amides is 1. The Kier molecular flexibility index (Phi) is 2.03. The minimum atomic E-state index is -0.423. The molecule has 0 spiro atoms. The van der Waals surface area contributed by atoms with Gasteiger partial charge in [0.15, 0.2) is 0 Å². The Labute approximate surface area is 87.3 Å². The van der Waals surface area contributed by atoms with Crippen LogP contribution in [0, 0.1) is 6.92 Å². The van der Waals surface area contributed by atoms with Gasteiger partial charge in [0.25, 0.3) is 0 Å². The second kappa shape index (κ2) is 2.98. The highest BCUT2D eigenvalue weighted by molar-refractivity contribution is 8.01. The van der Waals surface area contributed by atoms with Crippen molar-refractivity contribution in [1.82, 2.24) is 4.98 Å². The van der Waals surface area contributed by atoms with Crippen LogP contribution in [0.1, 0.15) is 19.5 Å². The first-order valence-electron chi connectivity index (χ1n) is 4.47. The SMILES string of the molecule is Cc1ccc2c(n1)SC(C)(C)C(=O)N2. The average Bonchev–Trinajstić information content (AvgIpc) is 2.07. The predicted molar refractivity (Wildman–Crippen MR) is 57.5 cm³/mol. The van der Waals surface area contributed by atoms with Gasteiger partial charge in [-0.15, -0.1) is 0 Å². The largest absolute Gasteiger partial charge is 0.323 e. The number of nitrogens with zero attached hydrogens (tertiary/aromatic N) is 1. The number of carbonyl (C=O) groups is 1. The third-order valence-electron chi connectivity index (χ3n) is 2.15. The fourth-order valence-corrected chi connectivity index (χ4v) is 2.31. The van der Waals surface area contributed by atoms with Gasteiger partial charge in [0.2, 0.25) is 5.91 Å². The zero-order chi connectivity index (χ0) is 10.3. The number of rotatable bonds is 0. The minimum Gasteiger partial charge on any atom is -0.323 e. The third kappa shape index (κ3) is 1.50. The summed E-state index contributed by atoms with van der Waals surface area (Å²) in [6, 6.07) is 3.80. The van der Waals surface area contributed by atoms with E-state index in [1.54, 1.807) is 0 Å². The van der Waals surface area contributed by atoms with Crippen molar-refractivity contribution in [2.75, 3.05) is 5.32 Å². The molecule has 74 valence electrons. The van der Waals surface area contributed by atoms with Crippen molar-refractivity contribution in [3.63, 3.8) is 0 Å². The summed E-state index contributed by atoms with van der Waals surface area (Å²) >= 11 is 1.51. The molecule has 0 saturated carbocycles. The monoisotopic (exact) mass is 208 g/mol. The van der Waals surface area contributed by atoms with Gasteiger partial charge in [-0.3, -0.25) is 4.79 Å². The van der Waals surface area contributed by atoms with Crippen LogP contribution in [0.5, 0.6) is 0 Å². The van der Waals surface area contributed by atoms with Crippen LogP contribution >= 0.6 is 11.8 Å². The van der Waals surface area contributed by atoms with E-state index in [2.05, 4.69) is 10.3 Å². The molecule has 14 heavy (non-hydrogen) atoms. The van der Waals surface area contributed by atoms with E-state index in [0.29, 0.717) is 0 Å². The van der Waals surface area contributed by atoms with Gasteiger partial charge in [0, 0.05) is 5.69 Å². The van der Waals surface area contributed by atoms with Crippen molar-refractivity contribution in [1.29, 1.82) is 0 Å². The van der Waals surface area contributed by atoms with Crippen LogP contribution in [-0.2, 0) is 4.79 Å². The van der Waals surface area contributed by atoms with Crippen LogP contribution in [0.2, 0.25) is 0 Å². The highest BCUT2D eigenvalue weighted by Crippen LogP contribution is 2.40. The highest BCUT2D eigenvalue weighted by atomic mass is 32.2. The third-order valence-corrected chi connectivity index (χ3v) is 3.35. The maximum Gasteiger partial charge on any atom is 0.240 e. The molecule has 0 saturated heterocycles. The molecule has 1 N–H and O–H groups in total. The second-order valence-electron chi connectivity index (χ2n) is 3.87. The Morgan fingerprint density at radius 3 is 2.86 bits per heavy atom. The van der Waals surface area contributed by atoms with Gasteiger partial charge in [-0.1, -0.05) is 11.8 Å². The van der Waals surface area contributed by atoms with Gasteiger partial charge in [0.1, 0.15) is 5.03 Å². The lowest BCUT2D eigenvalue weighted by molar-refractivity contribution is -0.117. The molecule has 1 amide bonds. The van der Waals surface area contributed by atoms with Crippen molar-refractivity contribution >= 4 is 23.4 Å². The fourth-order valence-electron chi connectivity index (χ4n) is 1.27. The molecule has 0 atom stereocenters. The zero-order valence-corrected chi connectivity index (χ0v) is 9.23. The van der Waals surface area contributed by atoms with E-state index in [1.807, 2.05) is 32.9 Å². The normalized spacial score (nSPS) is 18.6. The second-order valence-corrected chi connectivity index (χ2v) is 5.48. The summed E-state index contributed by atoms with van der Waals surface area (Å²) in [5.74, 6) is 0.0423.